The zero-order valence-electron chi connectivity index (χ0n) is 15.3. The van der Waals surface area contributed by atoms with Crippen molar-refractivity contribution in [3.8, 4) is 17.2 Å². The number of benzene rings is 2. The molecule has 0 spiro atoms. The first-order valence-electron chi connectivity index (χ1n) is 8.99. The summed E-state index contributed by atoms with van der Waals surface area (Å²) in [6, 6.07) is 9.33. The second-order valence-electron chi connectivity index (χ2n) is 6.64. The molecular weight excluding hydrogens is 396 g/mol. The van der Waals surface area contributed by atoms with Gasteiger partial charge in [0.05, 0.1) is 23.4 Å². The van der Waals surface area contributed by atoms with Crippen LogP contribution in [0.25, 0.3) is 22.6 Å². The van der Waals surface area contributed by atoms with Crippen molar-refractivity contribution in [3.05, 3.63) is 65.9 Å². The molecular formula is C21H13F2N3O4. The SMILES string of the molecule is O=C(O)c1cc(N2CCOc3ccc(F)cc32)ncc1-c1nc2ccc(F)cc2o1. The minimum atomic E-state index is -1.21. The van der Waals surface area contributed by atoms with Crippen LogP contribution in [-0.2, 0) is 0 Å². The third-order valence-electron chi connectivity index (χ3n) is 4.76. The zero-order chi connectivity index (χ0) is 20.8. The summed E-state index contributed by atoms with van der Waals surface area (Å²) < 4.78 is 38.3. The molecule has 0 aliphatic carbocycles. The average Bonchev–Trinajstić information content (AvgIpc) is 3.15. The topological polar surface area (TPSA) is 88.7 Å². The molecule has 0 saturated heterocycles. The fourth-order valence-electron chi connectivity index (χ4n) is 3.38. The predicted octanol–water partition coefficient (Wildman–Crippen LogP) is 4.40. The molecule has 2 aromatic heterocycles. The largest absolute Gasteiger partial charge is 0.490 e. The van der Waals surface area contributed by atoms with E-state index in [4.69, 9.17) is 9.15 Å². The van der Waals surface area contributed by atoms with Crippen LogP contribution in [0.4, 0.5) is 20.3 Å². The van der Waals surface area contributed by atoms with Crippen molar-refractivity contribution in [1.82, 2.24) is 9.97 Å². The summed E-state index contributed by atoms with van der Waals surface area (Å²) in [6.45, 7) is 0.700. The molecule has 0 bridgehead atoms. The van der Waals surface area contributed by atoms with E-state index in [1.165, 1.54) is 48.7 Å². The minimum Gasteiger partial charge on any atom is -0.490 e. The van der Waals surface area contributed by atoms with Crippen LogP contribution in [0.3, 0.4) is 0 Å². The van der Waals surface area contributed by atoms with Crippen molar-refractivity contribution in [2.45, 2.75) is 0 Å². The fourth-order valence-corrected chi connectivity index (χ4v) is 3.38. The smallest absolute Gasteiger partial charge is 0.336 e. The molecule has 7 nitrogen and oxygen atoms in total. The van der Waals surface area contributed by atoms with Crippen LogP contribution in [0.1, 0.15) is 10.4 Å². The van der Waals surface area contributed by atoms with Gasteiger partial charge in [-0.15, -0.1) is 0 Å². The molecule has 4 aromatic rings. The highest BCUT2D eigenvalue weighted by atomic mass is 19.1. The second-order valence-corrected chi connectivity index (χ2v) is 6.64. The van der Waals surface area contributed by atoms with Gasteiger partial charge < -0.3 is 19.2 Å². The molecule has 0 atom stereocenters. The van der Waals surface area contributed by atoms with E-state index < -0.39 is 17.6 Å². The Bertz CT molecular complexity index is 1300. The van der Waals surface area contributed by atoms with Gasteiger partial charge in [-0.2, -0.15) is 0 Å². The van der Waals surface area contributed by atoms with Crippen LogP contribution in [0.2, 0.25) is 0 Å². The van der Waals surface area contributed by atoms with Gasteiger partial charge in [0.2, 0.25) is 5.89 Å². The normalized spacial score (nSPS) is 13.2. The van der Waals surface area contributed by atoms with Gasteiger partial charge in [-0.3, -0.25) is 0 Å². The molecule has 9 heteroatoms. The first-order valence-corrected chi connectivity index (χ1v) is 8.99. The lowest BCUT2D eigenvalue weighted by atomic mass is 10.1. The lowest BCUT2D eigenvalue weighted by molar-refractivity contribution is 0.0697. The van der Waals surface area contributed by atoms with Crippen molar-refractivity contribution in [2.24, 2.45) is 0 Å². The van der Waals surface area contributed by atoms with E-state index in [-0.39, 0.29) is 22.6 Å². The van der Waals surface area contributed by atoms with Crippen LogP contribution >= 0.6 is 0 Å². The van der Waals surface area contributed by atoms with Crippen molar-refractivity contribution in [3.63, 3.8) is 0 Å². The molecule has 1 N–H and O–H groups in total. The van der Waals surface area contributed by atoms with Crippen molar-refractivity contribution < 1.29 is 27.8 Å². The fraction of sp³-hybridized carbons (Fsp3) is 0.0952. The van der Waals surface area contributed by atoms with Gasteiger partial charge in [-0.25, -0.2) is 23.5 Å². The molecule has 5 rings (SSSR count). The highest BCUT2D eigenvalue weighted by Crippen LogP contribution is 2.37. The summed E-state index contributed by atoms with van der Waals surface area (Å²) in [5, 5.41) is 9.75. The van der Waals surface area contributed by atoms with Gasteiger partial charge >= 0.3 is 5.97 Å². The average molecular weight is 409 g/mol. The zero-order valence-corrected chi connectivity index (χ0v) is 15.3. The van der Waals surface area contributed by atoms with Crippen molar-refractivity contribution in [1.29, 1.82) is 0 Å². The highest BCUT2D eigenvalue weighted by Gasteiger charge is 2.25. The summed E-state index contributed by atoms with van der Waals surface area (Å²) >= 11 is 0. The first kappa shape index (κ1) is 18.0. The Morgan fingerprint density at radius 3 is 2.73 bits per heavy atom. The second kappa shape index (κ2) is 6.80. The number of pyridine rings is 1. The molecule has 0 amide bonds. The Morgan fingerprint density at radius 2 is 1.90 bits per heavy atom. The Hall–Kier alpha value is -4.01. The van der Waals surface area contributed by atoms with Crippen molar-refractivity contribution in [2.75, 3.05) is 18.1 Å². The maximum Gasteiger partial charge on any atom is 0.336 e. The Labute approximate surface area is 168 Å². The third kappa shape index (κ3) is 3.00. The molecule has 3 heterocycles. The number of nitrogens with zero attached hydrogens (tertiary/aromatic N) is 3. The number of carbonyl (C=O) groups is 1. The van der Waals surface area contributed by atoms with Crippen LogP contribution in [0.5, 0.6) is 5.75 Å². The van der Waals surface area contributed by atoms with E-state index in [2.05, 4.69) is 9.97 Å². The van der Waals surface area contributed by atoms with Gasteiger partial charge in [-0.05, 0) is 30.3 Å². The number of fused-ring (bicyclic) bond motifs is 2. The Kier molecular flexibility index (Phi) is 4.09. The lowest BCUT2D eigenvalue weighted by Crippen LogP contribution is -2.29. The summed E-state index contributed by atoms with van der Waals surface area (Å²) in [4.78, 5) is 22.2. The first-order chi connectivity index (χ1) is 14.5. The van der Waals surface area contributed by atoms with E-state index in [1.54, 1.807) is 4.90 Å². The van der Waals surface area contributed by atoms with Crippen LogP contribution in [0, 0.1) is 11.6 Å². The molecule has 150 valence electrons. The number of oxazole rings is 1. The number of carboxylic acids is 1. The highest BCUT2D eigenvalue weighted by molar-refractivity contribution is 5.96. The number of aromatic carboxylic acids is 1. The van der Waals surface area contributed by atoms with E-state index >= 15 is 0 Å². The standard InChI is InChI=1S/C21H13F2N3O4/c22-11-2-4-17-16(7-11)26(5-6-29-17)19-9-13(21(27)28)14(10-24-19)20-25-15-3-1-12(23)8-18(15)30-20/h1-4,7-10H,5-6H2,(H,27,28). The molecule has 0 radical (unpaired) electrons. The molecule has 30 heavy (non-hydrogen) atoms. The predicted molar refractivity (Wildman–Crippen MR) is 103 cm³/mol. The maximum absolute atomic E-state index is 13.8. The lowest BCUT2D eigenvalue weighted by Gasteiger charge is -2.30. The number of rotatable bonds is 3. The molecule has 0 fully saturated rings. The van der Waals surface area contributed by atoms with E-state index in [1.807, 2.05) is 0 Å². The number of hydrogen-bond donors (Lipinski definition) is 1. The number of anilines is 2. The number of aromatic nitrogens is 2. The minimum absolute atomic E-state index is 0.0143. The van der Waals surface area contributed by atoms with Crippen LogP contribution in [-0.4, -0.2) is 34.2 Å². The monoisotopic (exact) mass is 409 g/mol. The van der Waals surface area contributed by atoms with Gasteiger partial charge in [0.15, 0.2) is 5.58 Å². The van der Waals surface area contributed by atoms with Gasteiger partial charge in [-0.1, -0.05) is 0 Å². The molecule has 0 unspecified atom stereocenters. The molecule has 1 aliphatic rings. The van der Waals surface area contributed by atoms with Gasteiger partial charge in [0, 0.05) is 18.3 Å². The maximum atomic E-state index is 13.8. The summed E-state index contributed by atoms with van der Waals surface area (Å²) in [7, 11) is 0. The number of carboxylic acid groups (broad SMARTS) is 1. The molecule has 2 aromatic carbocycles. The van der Waals surface area contributed by atoms with Crippen LogP contribution in [0.15, 0.2) is 53.1 Å². The Balaban J connectivity index is 1.61. The Morgan fingerprint density at radius 1 is 1.10 bits per heavy atom. The van der Waals surface area contributed by atoms with E-state index in [9.17, 15) is 18.7 Å². The summed E-state index contributed by atoms with van der Waals surface area (Å²) in [5.41, 5.74) is 1.09. The quantitative estimate of drug-likeness (QED) is 0.537. The van der Waals surface area contributed by atoms with Crippen molar-refractivity contribution >= 4 is 28.6 Å². The third-order valence-corrected chi connectivity index (χ3v) is 4.76. The number of ether oxygens (including phenoxy) is 1. The van der Waals surface area contributed by atoms with E-state index in [0.717, 1.165) is 0 Å². The van der Waals surface area contributed by atoms with Crippen LogP contribution < -0.4 is 9.64 Å². The van der Waals surface area contributed by atoms with Gasteiger partial charge in [0.25, 0.3) is 0 Å². The summed E-state index contributed by atoms with van der Waals surface area (Å²) in [6.07, 6.45) is 1.33. The number of hydrogen-bond acceptors (Lipinski definition) is 6. The molecule has 0 saturated carbocycles. The van der Waals surface area contributed by atoms with Gasteiger partial charge in [0.1, 0.15) is 35.3 Å². The summed E-state index contributed by atoms with van der Waals surface area (Å²) in [5.74, 6) is -1.34. The number of halogens is 2. The van der Waals surface area contributed by atoms with E-state index in [0.29, 0.717) is 35.9 Å². The molecule has 1 aliphatic heterocycles.